The van der Waals surface area contributed by atoms with Gasteiger partial charge in [0.2, 0.25) is 0 Å². The van der Waals surface area contributed by atoms with E-state index in [2.05, 4.69) is 0 Å². The Kier molecular flexibility index (Phi) is 3.16. The van der Waals surface area contributed by atoms with Crippen LogP contribution in [0.15, 0.2) is 23.8 Å². The van der Waals surface area contributed by atoms with Gasteiger partial charge in [0.05, 0.1) is 12.2 Å². The van der Waals surface area contributed by atoms with E-state index in [0.29, 0.717) is 5.57 Å². The molecule has 4 aliphatic carbocycles. The van der Waals surface area contributed by atoms with Crippen LogP contribution < -0.4 is 0 Å². The van der Waals surface area contributed by atoms with Crippen molar-refractivity contribution in [3.8, 4) is 0 Å². The Morgan fingerprint density at radius 2 is 2.10 bits per heavy atom. The van der Waals surface area contributed by atoms with Gasteiger partial charge in [-0.1, -0.05) is 19.9 Å². The smallest absolute Gasteiger partial charge is 0.193 e. The van der Waals surface area contributed by atoms with E-state index in [1.165, 1.54) is 12.2 Å². The fourth-order valence-electron chi connectivity index (χ4n) is 7.75. The summed E-state index contributed by atoms with van der Waals surface area (Å²) in [7, 11) is 0. The second kappa shape index (κ2) is 6.34. The summed E-state index contributed by atoms with van der Waals surface area (Å²) in [6, 6.07) is 0. The molecule has 2 N–H and O–H groups in total. The van der Waals surface area contributed by atoms with Crippen LogP contribution in [0.2, 0.25) is 0 Å². The van der Waals surface area contributed by atoms with Crippen LogP contribution in [0, 0.1) is 28.6 Å². The molecule has 5 rings (SSSR count). The van der Waals surface area contributed by atoms with Crippen LogP contribution in [0.5, 0.6) is 0 Å². The molecule has 0 aromatic heterocycles. The number of alkyl halides is 1. The molecule has 31 heavy (non-hydrogen) atoms. The van der Waals surface area contributed by atoms with Crippen LogP contribution in [0.4, 0.5) is 4.39 Å². The lowest BCUT2D eigenvalue weighted by molar-refractivity contribution is -0.226. The maximum Gasteiger partial charge on any atom is 0.193 e. The fourth-order valence-corrected chi connectivity index (χ4v) is 7.75. The molecule has 4 fully saturated rings. The number of carbonyl (C=O) groups is 2. The van der Waals surface area contributed by atoms with Gasteiger partial charge in [-0.2, -0.15) is 0 Å². The van der Waals surface area contributed by atoms with Crippen LogP contribution >= 0.6 is 0 Å². The molecule has 0 bridgehead atoms. The van der Waals surface area contributed by atoms with E-state index in [4.69, 9.17) is 17.7 Å². The van der Waals surface area contributed by atoms with Crippen LogP contribution in [0.25, 0.3) is 0 Å². The molecule has 0 aromatic rings. The van der Waals surface area contributed by atoms with Crippen LogP contribution in [0.1, 0.15) is 55.0 Å². The predicted octanol–water partition coefficient (Wildman–Crippen LogP) is 2.27. The van der Waals surface area contributed by atoms with E-state index in [-0.39, 0.29) is 25.0 Å². The molecule has 0 spiro atoms. The maximum absolute atomic E-state index is 15.6. The van der Waals surface area contributed by atoms with Gasteiger partial charge in [0.15, 0.2) is 23.0 Å². The topological polar surface area (TPSA) is 93.1 Å². The second-order valence-electron chi connectivity index (χ2n) is 10.2. The third-order valence-corrected chi connectivity index (χ3v) is 8.81. The number of ether oxygens (including phenoxy) is 2. The number of aliphatic hydroxyl groups is 2. The molecule has 1 aliphatic heterocycles. The average molecular weight is 441 g/mol. The summed E-state index contributed by atoms with van der Waals surface area (Å²) in [5, 5.41) is 21.5. The average Bonchev–Trinajstić information content (AvgIpc) is 3.25. The number of carbonyl (C=O) groups excluding carboxylic acids is 2. The minimum Gasteiger partial charge on any atom is -0.393 e. The number of aliphatic hydroxyl groups excluding tert-OH is 2. The Balaban J connectivity index is 1.64. The Morgan fingerprint density at radius 3 is 2.77 bits per heavy atom. The molecule has 9 atom stereocenters. The summed E-state index contributed by atoms with van der Waals surface area (Å²) < 4.78 is 75.0. The summed E-state index contributed by atoms with van der Waals surface area (Å²) in [6.07, 6.45) is 0.0902. The SMILES string of the molecule is [2H]C([2H])([2H])C1(C([2H])([2H])[2H])O[C@@H]2C[C@H]3[C@@H]4C[C@H](F)C5=CC(=O)C=C[C@]5(C)[C@H]4[C@@H](O)C[C@]3(C)[C@]2(C(=O)CO)O1. The number of hydrogen-bond donors (Lipinski definition) is 2. The van der Waals surface area contributed by atoms with E-state index in [0.717, 1.165) is 0 Å². The van der Waals surface area contributed by atoms with Crippen molar-refractivity contribution in [1.82, 2.24) is 0 Å². The first-order chi connectivity index (χ1) is 16.9. The first-order valence-electron chi connectivity index (χ1n) is 13.7. The number of Topliss-reactive ketones (excluding diaryl/α,β-unsaturated/α-hetero) is 1. The highest BCUT2D eigenvalue weighted by molar-refractivity contribution is 6.01. The van der Waals surface area contributed by atoms with Crippen molar-refractivity contribution >= 4 is 11.6 Å². The Morgan fingerprint density at radius 1 is 1.35 bits per heavy atom. The van der Waals surface area contributed by atoms with Crippen molar-refractivity contribution in [2.75, 3.05) is 6.61 Å². The van der Waals surface area contributed by atoms with Crippen molar-refractivity contribution in [2.45, 2.75) is 76.6 Å². The molecule has 0 unspecified atom stereocenters. The summed E-state index contributed by atoms with van der Waals surface area (Å²) >= 11 is 0. The highest BCUT2D eigenvalue weighted by Crippen LogP contribution is 2.70. The molecule has 1 saturated heterocycles. The zero-order chi connectivity index (χ0) is 27.6. The maximum atomic E-state index is 15.6. The highest BCUT2D eigenvalue weighted by atomic mass is 19.1. The minimum atomic E-state index is -3.31. The molecule has 1 heterocycles. The quantitative estimate of drug-likeness (QED) is 0.684. The normalized spacial score (nSPS) is 55.8. The standard InChI is InChI=1S/C24H31FO6/c1-21(2)30-19-9-14-13-8-16(25)15-7-12(27)5-6-22(15,3)20(13)17(28)10-23(14,4)24(19,31-21)18(29)11-26/h5-7,13-14,16-17,19-20,26,28H,8-11H2,1-4H3/t13-,14-,16-,17-,19+,20+,22-,23-,24+/m0/s1/i1D3,2D3. The van der Waals surface area contributed by atoms with Crippen molar-refractivity contribution in [3.05, 3.63) is 23.8 Å². The van der Waals surface area contributed by atoms with Crippen LogP contribution in [-0.2, 0) is 19.1 Å². The predicted molar refractivity (Wildman–Crippen MR) is 109 cm³/mol. The van der Waals surface area contributed by atoms with Gasteiger partial charge in [0.1, 0.15) is 12.8 Å². The Bertz CT molecular complexity index is 1090. The Hall–Kier alpha value is -1.41. The van der Waals surface area contributed by atoms with Gasteiger partial charge in [-0.15, -0.1) is 0 Å². The van der Waals surface area contributed by atoms with Crippen LogP contribution in [-0.4, -0.2) is 58.2 Å². The third-order valence-electron chi connectivity index (χ3n) is 8.81. The fraction of sp³-hybridized carbons (Fsp3) is 0.750. The summed E-state index contributed by atoms with van der Waals surface area (Å²) in [5.41, 5.74) is -4.23. The molecule has 0 aromatic carbocycles. The van der Waals surface area contributed by atoms with E-state index in [1.54, 1.807) is 19.9 Å². The lowest BCUT2D eigenvalue weighted by Crippen LogP contribution is -2.64. The molecule has 3 saturated carbocycles. The molecule has 5 aliphatic rings. The first kappa shape index (κ1) is 15.4. The number of allylic oxidation sites excluding steroid dienone is 4. The number of rotatable bonds is 2. The molecule has 170 valence electrons. The van der Waals surface area contributed by atoms with Gasteiger partial charge >= 0.3 is 0 Å². The lowest BCUT2D eigenvalue weighted by atomic mass is 9.46. The summed E-state index contributed by atoms with van der Waals surface area (Å²) in [5.74, 6) is -5.97. The van der Waals surface area contributed by atoms with Crippen molar-refractivity contribution in [1.29, 1.82) is 0 Å². The number of fused-ring (bicyclic) bond motifs is 7. The van der Waals surface area contributed by atoms with E-state index < -0.39 is 84.4 Å². The van der Waals surface area contributed by atoms with Crippen molar-refractivity contribution in [3.63, 3.8) is 0 Å². The minimum absolute atomic E-state index is 0.0193. The van der Waals surface area contributed by atoms with Gasteiger partial charge in [-0.05, 0) is 62.5 Å². The first-order valence-corrected chi connectivity index (χ1v) is 10.7. The zero-order valence-corrected chi connectivity index (χ0v) is 17.4. The van der Waals surface area contributed by atoms with Gasteiger partial charge in [0, 0.05) is 25.0 Å². The third kappa shape index (κ3) is 2.52. The molecule has 6 nitrogen and oxygen atoms in total. The monoisotopic (exact) mass is 440 g/mol. The second-order valence-corrected chi connectivity index (χ2v) is 10.2. The summed E-state index contributed by atoms with van der Waals surface area (Å²) in [4.78, 5) is 25.4. The van der Waals surface area contributed by atoms with Crippen LogP contribution in [0.3, 0.4) is 0 Å². The zero-order valence-electron chi connectivity index (χ0n) is 23.4. The van der Waals surface area contributed by atoms with E-state index in [1.807, 2.05) is 0 Å². The number of halogens is 1. The van der Waals surface area contributed by atoms with Gasteiger partial charge in [0.25, 0.3) is 0 Å². The lowest BCUT2D eigenvalue weighted by Gasteiger charge is -2.60. The molecule has 7 heteroatoms. The highest BCUT2D eigenvalue weighted by Gasteiger charge is 2.77. The molecule has 0 amide bonds. The van der Waals surface area contributed by atoms with Gasteiger partial charge < -0.3 is 19.7 Å². The van der Waals surface area contributed by atoms with Crippen molar-refractivity contribution in [2.24, 2.45) is 28.6 Å². The van der Waals surface area contributed by atoms with E-state index >= 15 is 4.39 Å². The van der Waals surface area contributed by atoms with E-state index in [9.17, 15) is 19.8 Å². The van der Waals surface area contributed by atoms with Gasteiger partial charge in [-0.25, -0.2) is 4.39 Å². The summed E-state index contributed by atoms with van der Waals surface area (Å²) in [6.45, 7) is -4.32. The number of ketones is 2. The molecular formula is C24H31FO6. The molecule has 0 radical (unpaired) electrons. The largest absolute Gasteiger partial charge is 0.393 e. The Labute approximate surface area is 189 Å². The number of hydrogen-bond acceptors (Lipinski definition) is 6. The van der Waals surface area contributed by atoms with Gasteiger partial charge in [-0.3, -0.25) is 9.59 Å². The van der Waals surface area contributed by atoms with Crippen molar-refractivity contribution < 1.29 is 41.9 Å². The molecular weight excluding hydrogens is 403 g/mol.